The first-order chi connectivity index (χ1) is 13.9. The minimum absolute atomic E-state index is 0.0312. The van der Waals surface area contributed by atoms with Gasteiger partial charge in [0.1, 0.15) is 12.4 Å². The number of aryl methyl sites for hydroxylation is 1. The van der Waals surface area contributed by atoms with E-state index in [0.29, 0.717) is 13.1 Å². The van der Waals surface area contributed by atoms with Crippen LogP contribution < -0.4 is 0 Å². The smallest absolute Gasteiger partial charge is 0.242 e. The number of rotatable bonds is 9. The summed E-state index contributed by atoms with van der Waals surface area (Å²) in [6.07, 6.45) is 2.66. The first-order valence-corrected chi connectivity index (χ1v) is 11.1. The molecule has 1 heterocycles. The van der Waals surface area contributed by atoms with Crippen LogP contribution >= 0.6 is 11.3 Å². The third kappa shape index (κ3) is 5.89. The van der Waals surface area contributed by atoms with Crippen LogP contribution in [0.25, 0.3) is 0 Å². The van der Waals surface area contributed by atoms with Gasteiger partial charge >= 0.3 is 0 Å². The second-order valence-electron chi connectivity index (χ2n) is 7.89. The van der Waals surface area contributed by atoms with Crippen molar-refractivity contribution in [2.24, 2.45) is 5.92 Å². The van der Waals surface area contributed by atoms with Gasteiger partial charge in [-0.05, 0) is 62.9 Å². The van der Waals surface area contributed by atoms with Crippen molar-refractivity contribution in [1.29, 1.82) is 0 Å². The van der Waals surface area contributed by atoms with Crippen LogP contribution in [0.5, 0.6) is 0 Å². The number of amides is 2. The highest BCUT2D eigenvalue weighted by molar-refractivity contribution is 7.11. The lowest BCUT2D eigenvalue weighted by molar-refractivity contribution is -0.143. The molecular weight excluding hydrogens is 387 g/mol. The number of hydrogen-bond acceptors (Lipinski definition) is 3. The molecule has 156 valence electrons. The van der Waals surface area contributed by atoms with E-state index in [4.69, 9.17) is 0 Å². The quantitative estimate of drug-likeness (QED) is 0.591. The summed E-state index contributed by atoms with van der Waals surface area (Å²) in [5.41, 5.74) is 0.872. The minimum Gasteiger partial charge on any atom is -0.332 e. The third-order valence-electron chi connectivity index (χ3n) is 5.42. The summed E-state index contributed by atoms with van der Waals surface area (Å²) in [6, 6.07) is 10.3. The Hall–Kier alpha value is -2.21. The fraction of sp³-hybridized carbons (Fsp3) is 0.478. The summed E-state index contributed by atoms with van der Waals surface area (Å²) in [5.74, 6) is -0.183. The molecule has 1 aromatic heterocycles. The van der Waals surface area contributed by atoms with Gasteiger partial charge in [0, 0.05) is 28.3 Å². The van der Waals surface area contributed by atoms with Crippen LogP contribution in [0, 0.1) is 18.7 Å². The molecule has 1 fully saturated rings. The lowest BCUT2D eigenvalue weighted by Gasteiger charge is -2.31. The van der Waals surface area contributed by atoms with E-state index in [-0.39, 0.29) is 36.1 Å². The maximum absolute atomic E-state index is 13.3. The van der Waals surface area contributed by atoms with E-state index in [0.717, 1.165) is 29.7 Å². The first-order valence-electron chi connectivity index (χ1n) is 10.3. The number of carbonyl (C=O) groups is 2. The summed E-state index contributed by atoms with van der Waals surface area (Å²) >= 11 is 1.66. The van der Waals surface area contributed by atoms with Gasteiger partial charge in [-0.15, -0.1) is 11.3 Å². The molecule has 0 radical (unpaired) electrons. The van der Waals surface area contributed by atoms with Crippen molar-refractivity contribution in [2.45, 2.75) is 59.2 Å². The molecule has 1 aliphatic rings. The van der Waals surface area contributed by atoms with Crippen molar-refractivity contribution >= 4 is 23.2 Å². The Bertz CT molecular complexity index is 845. The van der Waals surface area contributed by atoms with Crippen molar-refractivity contribution < 1.29 is 14.0 Å². The summed E-state index contributed by atoms with van der Waals surface area (Å²) in [6.45, 7) is 7.05. The monoisotopic (exact) mass is 416 g/mol. The first kappa shape index (κ1) is 21.5. The van der Waals surface area contributed by atoms with Crippen LogP contribution in [0.3, 0.4) is 0 Å². The van der Waals surface area contributed by atoms with Crippen LogP contribution in [-0.2, 0) is 22.7 Å². The molecule has 3 rings (SSSR count). The van der Waals surface area contributed by atoms with Gasteiger partial charge < -0.3 is 9.80 Å². The van der Waals surface area contributed by atoms with Crippen LogP contribution in [0.15, 0.2) is 36.4 Å². The molecular formula is C23H29FN2O2S. The van der Waals surface area contributed by atoms with Gasteiger partial charge in [0.05, 0.1) is 6.54 Å². The molecule has 1 aromatic carbocycles. The summed E-state index contributed by atoms with van der Waals surface area (Å²) in [4.78, 5) is 31.8. The maximum atomic E-state index is 13.3. The highest BCUT2D eigenvalue weighted by Gasteiger charge is 2.36. The summed E-state index contributed by atoms with van der Waals surface area (Å²) in [7, 11) is 0. The SMILES string of the molecule is CC[C@H](C)N(CC(=O)N(Cc1ccc(F)cc1)Cc1ccc(C)s1)C(=O)C1CC1. The van der Waals surface area contributed by atoms with E-state index in [2.05, 4.69) is 0 Å². The zero-order chi connectivity index (χ0) is 21.0. The molecule has 2 aromatic rings. The largest absolute Gasteiger partial charge is 0.332 e. The Morgan fingerprint density at radius 3 is 2.38 bits per heavy atom. The van der Waals surface area contributed by atoms with Gasteiger partial charge in [0.15, 0.2) is 0 Å². The van der Waals surface area contributed by atoms with E-state index < -0.39 is 0 Å². The van der Waals surface area contributed by atoms with Gasteiger partial charge in [-0.3, -0.25) is 9.59 Å². The Morgan fingerprint density at radius 2 is 1.83 bits per heavy atom. The standard InChI is InChI=1S/C23H29FN2O2S/c1-4-16(2)26(23(28)19-8-9-19)15-22(27)25(14-21-12-5-17(3)29-21)13-18-6-10-20(24)11-7-18/h5-7,10-12,16,19H,4,8-9,13-15H2,1-3H3/t16-/m0/s1. The van der Waals surface area contributed by atoms with Crippen LogP contribution in [0.4, 0.5) is 4.39 Å². The molecule has 0 unspecified atom stereocenters. The van der Waals surface area contributed by atoms with Gasteiger partial charge in [0.2, 0.25) is 11.8 Å². The molecule has 29 heavy (non-hydrogen) atoms. The molecule has 0 N–H and O–H groups in total. The van der Waals surface area contributed by atoms with Gasteiger partial charge in [-0.1, -0.05) is 19.1 Å². The molecule has 4 nitrogen and oxygen atoms in total. The molecule has 0 bridgehead atoms. The molecule has 1 aliphatic carbocycles. The van der Waals surface area contributed by atoms with Gasteiger partial charge in [-0.25, -0.2) is 4.39 Å². The topological polar surface area (TPSA) is 40.6 Å². The van der Waals surface area contributed by atoms with E-state index in [9.17, 15) is 14.0 Å². The predicted octanol–water partition coefficient (Wildman–Crippen LogP) is 4.76. The van der Waals surface area contributed by atoms with Crippen molar-refractivity contribution in [2.75, 3.05) is 6.54 Å². The number of carbonyl (C=O) groups excluding carboxylic acids is 2. The Kier molecular flexibility index (Phi) is 7.06. The summed E-state index contributed by atoms with van der Waals surface area (Å²) in [5, 5.41) is 0. The molecule has 6 heteroatoms. The highest BCUT2D eigenvalue weighted by Crippen LogP contribution is 2.32. The second-order valence-corrected chi connectivity index (χ2v) is 9.26. The second kappa shape index (κ2) is 9.53. The maximum Gasteiger partial charge on any atom is 0.242 e. The van der Waals surface area contributed by atoms with Gasteiger partial charge in [-0.2, -0.15) is 0 Å². The fourth-order valence-electron chi connectivity index (χ4n) is 3.28. The number of thiophene rings is 1. The number of benzene rings is 1. The van der Waals surface area contributed by atoms with Crippen LogP contribution in [-0.4, -0.2) is 34.2 Å². The zero-order valence-corrected chi connectivity index (χ0v) is 18.2. The number of halogens is 1. The molecule has 2 amide bonds. The molecule has 1 saturated carbocycles. The van der Waals surface area contributed by atoms with Crippen molar-refractivity contribution in [1.82, 2.24) is 9.80 Å². The van der Waals surface area contributed by atoms with Crippen molar-refractivity contribution in [3.05, 3.63) is 57.5 Å². The molecule has 1 atom stereocenters. The zero-order valence-electron chi connectivity index (χ0n) is 17.4. The lowest BCUT2D eigenvalue weighted by atomic mass is 10.1. The average molecular weight is 417 g/mol. The van der Waals surface area contributed by atoms with E-state index >= 15 is 0 Å². The molecule has 0 aliphatic heterocycles. The van der Waals surface area contributed by atoms with E-state index in [1.807, 2.05) is 32.9 Å². The predicted molar refractivity (Wildman–Crippen MR) is 114 cm³/mol. The summed E-state index contributed by atoms with van der Waals surface area (Å²) < 4.78 is 13.3. The fourth-order valence-corrected chi connectivity index (χ4v) is 4.19. The Labute approximate surface area is 176 Å². The van der Waals surface area contributed by atoms with Crippen molar-refractivity contribution in [3.63, 3.8) is 0 Å². The lowest BCUT2D eigenvalue weighted by Crippen LogP contribution is -2.46. The average Bonchev–Trinajstić information content (AvgIpc) is 3.48. The normalized spacial score (nSPS) is 14.5. The van der Waals surface area contributed by atoms with E-state index in [1.165, 1.54) is 17.0 Å². The number of nitrogens with zero attached hydrogens (tertiary/aromatic N) is 2. The van der Waals surface area contributed by atoms with Crippen molar-refractivity contribution in [3.8, 4) is 0 Å². The van der Waals surface area contributed by atoms with Crippen LogP contribution in [0.1, 0.15) is 48.4 Å². The van der Waals surface area contributed by atoms with Gasteiger partial charge in [0.25, 0.3) is 0 Å². The Balaban J connectivity index is 1.77. The minimum atomic E-state index is -0.293. The highest BCUT2D eigenvalue weighted by atomic mass is 32.1. The molecule has 0 spiro atoms. The number of hydrogen-bond donors (Lipinski definition) is 0. The molecule has 0 saturated heterocycles. The Morgan fingerprint density at radius 1 is 1.14 bits per heavy atom. The third-order valence-corrected chi connectivity index (χ3v) is 6.41. The van der Waals surface area contributed by atoms with E-state index in [1.54, 1.807) is 33.3 Å². The van der Waals surface area contributed by atoms with Crippen LogP contribution in [0.2, 0.25) is 0 Å².